The molecule has 1 heteroatoms. The fraction of sp³-hybridized carbons (Fsp3) is 0.714. The largest absolute Gasteiger partial charge is 0.396 e. The molecule has 0 saturated heterocycles. The van der Waals surface area contributed by atoms with Crippen LogP contribution < -0.4 is 0 Å². The normalized spacial score (nSPS) is 9.00. The van der Waals surface area contributed by atoms with Crippen LogP contribution in [0.4, 0.5) is 0 Å². The van der Waals surface area contributed by atoms with Crippen molar-refractivity contribution in [3.8, 4) is 0 Å². The summed E-state index contributed by atoms with van der Waals surface area (Å²) in [7, 11) is 0. The van der Waals surface area contributed by atoms with Crippen molar-refractivity contribution in [3.05, 3.63) is 11.1 Å². The van der Waals surface area contributed by atoms with E-state index >= 15 is 0 Å². The van der Waals surface area contributed by atoms with Crippen LogP contribution in [0.25, 0.3) is 0 Å². The van der Waals surface area contributed by atoms with Gasteiger partial charge in [0, 0.05) is 6.61 Å². The van der Waals surface area contributed by atoms with Gasteiger partial charge in [-0.2, -0.15) is 0 Å². The molecule has 0 amide bonds. The molecule has 0 rings (SSSR count). The Labute approximate surface area is 51.0 Å². The predicted octanol–water partition coefficient (Wildman–Crippen LogP) is 1.73. The van der Waals surface area contributed by atoms with Crippen molar-refractivity contribution in [3.63, 3.8) is 0 Å². The molecule has 0 unspecified atom stereocenters. The first-order valence-corrected chi connectivity index (χ1v) is 2.92. The molecule has 0 aromatic heterocycles. The molecule has 0 fully saturated rings. The van der Waals surface area contributed by atoms with Crippen molar-refractivity contribution < 1.29 is 5.11 Å². The predicted molar refractivity (Wildman–Crippen MR) is 35.8 cm³/mol. The van der Waals surface area contributed by atoms with E-state index in [1.807, 2.05) is 6.92 Å². The van der Waals surface area contributed by atoms with E-state index in [9.17, 15) is 0 Å². The van der Waals surface area contributed by atoms with Crippen LogP contribution in [0, 0.1) is 0 Å². The van der Waals surface area contributed by atoms with Gasteiger partial charge in [0.2, 0.25) is 0 Å². The molecule has 0 saturated carbocycles. The Kier molecular flexibility index (Phi) is 3.53. The van der Waals surface area contributed by atoms with E-state index in [-0.39, 0.29) is 6.61 Å². The second-order valence-electron chi connectivity index (χ2n) is 2.25. The van der Waals surface area contributed by atoms with Crippen LogP contribution in [0.2, 0.25) is 0 Å². The molecule has 0 bridgehead atoms. The third-order valence-electron chi connectivity index (χ3n) is 1.34. The van der Waals surface area contributed by atoms with E-state index < -0.39 is 0 Å². The Hall–Kier alpha value is -0.300. The smallest absolute Gasteiger partial charge is 0.0468 e. The second kappa shape index (κ2) is 3.67. The summed E-state index contributed by atoms with van der Waals surface area (Å²) in [5, 5.41) is 8.45. The molecule has 8 heavy (non-hydrogen) atoms. The van der Waals surface area contributed by atoms with E-state index in [0.717, 1.165) is 6.42 Å². The van der Waals surface area contributed by atoms with Crippen molar-refractivity contribution in [2.45, 2.75) is 27.2 Å². The fourth-order valence-electron chi connectivity index (χ4n) is 0.418. The first-order chi connectivity index (χ1) is 3.68. The van der Waals surface area contributed by atoms with E-state index in [4.69, 9.17) is 5.11 Å². The molecular formula is C7H14O. The van der Waals surface area contributed by atoms with Gasteiger partial charge in [-0.3, -0.25) is 0 Å². The molecule has 0 heterocycles. The average Bonchev–Trinajstić information content (AvgIpc) is 1.67. The lowest BCUT2D eigenvalue weighted by atomic mass is 10.1. The third kappa shape index (κ3) is 2.80. The number of aliphatic hydroxyl groups is 1. The summed E-state index contributed by atoms with van der Waals surface area (Å²) >= 11 is 0. The molecule has 0 aromatic rings. The van der Waals surface area contributed by atoms with E-state index in [1.54, 1.807) is 0 Å². The van der Waals surface area contributed by atoms with Crippen molar-refractivity contribution in [2.75, 3.05) is 6.61 Å². The molecular weight excluding hydrogens is 100 g/mol. The quantitative estimate of drug-likeness (QED) is 0.542. The van der Waals surface area contributed by atoms with Gasteiger partial charge in [-0.1, -0.05) is 11.1 Å². The highest BCUT2D eigenvalue weighted by atomic mass is 16.2. The standard InChI is InChI=1S/C7H14O/c1-6(2)7(3)4-5-8/h8H,4-5H2,1-3H3. The van der Waals surface area contributed by atoms with Gasteiger partial charge in [-0.15, -0.1) is 0 Å². The van der Waals surface area contributed by atoms with Gasteiger partial charge in [0.1, 0.15) is 0 Å². The van der Waals surface area contributed by atoms with Gasteiger partial charge in [-0.25, -0.2) is 0 Å². The van der Waals surface area contributed by atoms with E-state index in [1.165, 1.54) is 11.1 Å². The van der Waals surface area contributed by atoms with Crippen molar-refractivity contribution in [1.82, 2.24) is 0 Å². The molecule has 0 atom stereocenters. The zero-order valence-corrected chi connectivity index (χ0v) is 5.86. The number of allylic oxidation sites excluding steroid dienone is 1. The van der Waals surface area contributed by atoms with Gasteiger partial charge in [0.15, 0.2) is 0 Å². The molecule has 0 aliphatic rings. The molecule has 1 N–H and O–H groups in total. The van der Waals surface area contributed by atoms with Crippen LogP contribution in [0.3, 0.4) is 0 Å². The summed E-state index contributed by atoms with van der Waals surface area (Å²) in [4.78, 5) is 0. The summed E-state index contributed by atoms with van der Waals surface area (Å²) in [6.45, 7) is 6.44. The van der Waals surface area contributed by atoms with Gasteiger partial charge < -0.3 is 5.11 Å². The highest BCUT2D eigenvalue weighted by Crippen LogP contribution is 2.04. The summed E-state index contributed by atoms with van der Waals surface area (Å²) in [5.41, 5.74) is 2.62. The lowest BCUT2D eigenvalue weighted by Crippen LogP contribution is -1.85. The minimum absolute atomic E-state index is 0.275. The van der Waals surface area contributed by atoms with Gasteiger partial charge >= 0.3 is 0 Å². The Bertz CT molecular complexity index is 88.6. The first-order valence-electron chi connectivity index (χ1n) is 2.92. The van der Waals surface area contributed by atoms with Crippen LogP contribution in [0.1, 0.15) is 27.2 Å². The number of hydrogen-bond acceptors (Lipinski definition) is 1. The maximum Gasteiger partial charge on any atom is 0.0468 e. The molecule has 0 aliphatic heterocycles. The van der Waals surface area contributed by atoms with Crippen LogP contribution in [-0.2, 0) is 0 Å². The lowest BCUT2D eigenvalue weighted by molar-refractivity contribution is 0.299. The number of aliphatic hydroxyl groups excluding tert-OH is 1. The van der Waals surface area contributed by atoms with Crippen LogP contribution >= 0.6 is 0 Å². The lowest BCUT2D eigenvalue weighted by Gasteiger charge is -1.97. The Morgan fingerprint density at radius 2 is 1.75 bits per heavy atom. The van der Waals surface area contributed by atoms with E-state index in [2.05, 4.69) is 13.8 Å². The molecule has 0 aromatic carbocycles. The van der Waals surface area contributed by atoms with Crippen molar-refractivity contribution in [2.24, 2.45) is 0 Å². The van der Waals surface area contributed by atoms with Crippen molar-refractivity contribution in [1.29, 1.82) is 0 Å². The maximum absolute atomic E-state index is 8.45. The zero-order chi connectivity index (χ0) is 6.57. The maximum atomic E-state index is 8.45. The Morgan fingerprint density at radius 1 is 1.25 bits per heavy atom. The first kappa shape index (κ1) is 7.70. The molecule has 1 nitrogen and oxygen atoms in total. The Balaban J connectivity index is 3.62. The summed E-state index contributed by atoms with van der Waals surface area (Å²) in [5.74, 6) is 0. The van der Waals surface area contributed by atoms with Gasteiger partial charge in [0.05, 0.1) is 0 Å². The van der Waals surface area contributed by atoms with Crippen LogP contribution in [0.5, 0.6) is 0 Å². The van der Waals surface area contributed by atoms with Crippen LogP contribution in [-0.4, -0.2) is 11.7 Å². The minimum atomic E-state index is 0.275. The Morgan fingerprint density at radius 3 is 1.88 bits per heavy atom. The SMILES string of the molecule is CC(C)=C(C)CCO. The topological polar surface area (TPSA) is 20.2 Å². The van der Waals surface area contributed by atoms with Gasteiger partial charge in [0.25, 0.3) is 0 Å². The fourth-order valence-corrected chi connectivity index (χ4v) is 0.418. The van der Waals surface area contributed by atoms with E-state index in [0.29, 0.717) is 0 Å². The minimum Gasteiger partial charge on any atom is -0.396 e. The molecule has 0 aliphatic carbocycles. The monoisotopic (exact) mass is 114 g/mol. The highest BCUT2D eigenvalue weighted by molar-refractivity contribution is 5.05. The van der Waals surface area contributed by atoms with Crippen LogP contribution in [0.15, 0.2) is 11.1 Å². The molecule has 0 spiro atoms. The third-order valence-corrected chi connectivity index (χ3v) is 1.34. The highest BCUT2D eigenvalue weighted by Gasteiger charge is 1.87. The second-order valence-corrected chi connectivity index (χ2v) is 2.25. The number of rotatable bonds is 2. The molecule has 48 valence electrons. The number of hydrogen-bond donors (Lipinski definition) is 1. The summed E-state index contributed by atoms with van der Waals surface area (Å²) in [6.07, 6.45) is 0.822. The summed E-state index contributed by atoms with van der Waals surface area (Å²) in [6, 6.07) is 0. The zero-order valence-electron chi connectivity index (χ0n) is 5.86. The molecule has 0 radical (unpaired) electrons. The van der Waals surface area contributed by atoms with Gasteiger partial charge in [-0.05, 0) is 27.2 Å². The average molecular weight is 114 g/mol. The van der Waals surface area contributed by atoms with Crippen molar-refractivity contribution >= 4 is 0 Å². The summed E-state index contributed by atoms with van der Waals surface area (Å²) < 4.78 is 0.